The highest BCUT2D eigenvalue weighted by Crippen LogP contribution is 2.15. The Morgan fingerprint density at radius 1 is 1.20 bits per heavy atom. The molecular formula is C13H10BClFNO3. The topological polar surface area (TPSA) is 69.6 Å². The molecule has 0 fully saturated rings. The Morgan fingerprint density at radius 2 is 1.90 bits per heavy atom. The highest BCUT2D eigenvalue weighted by molar-refractivity contribution is 6.62. The Labute approximate surface area is 120 Å². The van der Waals surface area contributed by atoms with Gasteiger partial charge in [0.15, 0.2) is 0 Å². The molecule has 2 aromatic rings. The molecule has 0 aliphatic carbocycles. The van der Waals surface area contributed by atoms with E-state index in [1.54, 1.807) is 6.07 Å². The lowest BCUT2D eigenvalue weighted by Crippen LogP contribution is -2.32. The van der Waals surface area contributed by atoms with Crippen LogP contribution in [0.15, 0.2) is 42.5 Å². The van der Waals surface area contributed by atoms with Crippen LogP contribution in [-0.2, 0) is 0 Å². The number of halogens is 2. The summed E-state index contributed by atoms with van der Waals surface area (Å²) in [5.74, 6) is -1.13. The van der Waals surface area contributed by atoms with Gasteiger partial charge in [0.1, 0.15) is 5.82 Å². The normalized spacial score (nSPS) is 10.2. The van der Waals surface area contributed by atoms with E-state index in [1.165, 1.54) is 36.4 Å². The van der Waals surface area contributed by atoms with Crippen LogP contribution >= 0.6 is 11.6 Å². The first-order chi connectivity index (χ1) is 9.49. The number of rotatable bonds is 3. The zero-order valence-electron chi connectivity index (χ0n) is 10.2. The monoisotopic (exact) mass is 293 g/mol. The molecule has 0 aliphatic heterocycles. The SMILES string of the molecule is O=C(Nc1ccccc1F)c1ccc(Cl)c(B(O)O)c1. The number of nitrogens with one attached hydrogen (secondary N) is 1. The summed E-state index contributed by atoms with van der Waals surface area (Å²) in [7, 11) is -1.79. The molecule has 0 unspecified atom stereocenters. The van der Waals surface area contributed by atoms with Gasteiger partial charge in [-0.15, -0.1) is 0 Å². The summed E-state index contributed by atoms with van der Waals surface area (Å²) in [5, 5.41) is 20.8. The zero-order chi connectivity index (χ0) is 14.7. The van der Waals surface area contributed by atoms with Gasteiger partial charge in [0.25, 0.3) is 5.91 Å². The van der Waals surface area contributed by atoms with Crippen LogP contribution in [0.1, 0.15) is 10.4 Å². The van der Waals surface area contributed by atoms with Crippen molar-refractivity contribution in [3.63, 3.8) is 0 Å². The highest BCUT2D eigenvalue weighted by atomic mass is 35.5. The van der Waals surface area contributed by atoms with Gasteiger partial charge in [0.05, 0.1) is 5.69 Å². The van der Waals surface area contributed by atoms with Crippen LogP contribution in [0.5, 0.6) is 0 Å². The first kappa shape index (κ1) is 14.5. The van der Waals surface area contributed by atoms with E-state index in [-0.39, 0.29) is 21.7 Å². The average molecular weight is 293 g/mol. The van der Waals surface area contributed by atoms with Crippen LogP contribution in [0.25, 0.3) is 0 Å². The molecule has 20 heavy (non-hydrogen) atoms. The van der Waals surface area contributed by atoms with Gasteiger partial charge in [-0.05, 0) is 30.3 Å². The van der Waals surface area contributed by atoms with Crippen LogP contribution < -0.4 is 10.8 Å². The van der Waals surface area contributed by atoms with Gasteiger partial charge >= 0.3 is 7.12 Å². The van der Waals surface area contributed by atoms with Crippen LogP contribution in [0, 0.1) is 5.82 Å². The molecule has 4 nitrogen and oxygen atoms in total. The third-order valence-corrected chi connectivity index (χ3v) is 3.00. The van der Waals surface area contributed by atoms with Crippen molar-refractivity contribution in [2.75, 3.05) is 5.32 Å². The van der Waals surface area contributed by atoms with Gasteiger partial charge in [0.2, 0.25) is 0 Å². The summed E-state index contributed by atoms with van der Waals surface area (Å²) in [4.78, 5) is 12.0. The predicted molar refractivity (Wildman–Crippen MR) is 75.6 cm³/mol. The van der Waals surface area contributed by atoms with Crippen molar-refractivity contribution in [1.82, 2.24) is 0 Å². The molecule has 0 atom stereocenters. The van der Waals surface area contributed by atoms with Crippen molar-refractivity contribution in [1.29, 1.82) is 0 Å². The minimum Gasteiger partial charge on any atom is -0.423 e. The van der Waals surface area contributed by atoms with E-state index >= 15 is 0 Å². The lowest BCUT2D eigenvalue weighted by Gasteiger charge is -2.08. The van der Waals surface area contributed by atoms with Gasteiger partial charge in [0, 0.05) is 16.0 Å². The van der Waals surface area contributed by atoms with Crippen molar-refractivity contribution in [2.45, 2.75) is 0 Å². The molecule has 3 N–H and O–H groups in total. The Morgan fingerprint density at radius 3 is 2.55 bits per heavy atom. The van der Waals surface area contributed by atoms with E-state index in [9.17, 15) is 9.18 Å². The van der Waals surface area contributed by atoms with Gasteiger partial charge in [-0.25, -0.2) is 4.39 Å². The largest absolute Gasteiger partial charge is 0.489 e. The number of carbonyl (C=O) groups is 1. The molecule has 2 rings (SSSR count). The summed E-state index contributed by atoms with van der Waals surface area (Å²) in [6, 6.07) is 9.75. The molecule has 102 valence electrons. The molecule has 2 aromatic carbocycles. The highest BCUT2D eigenvalue weighted by Gasteiger charge is 2.18. The molecule has 7 heteroatoms. The third kappa shape index (κ3) is 3.16. The predicted octanol–water partition coefficient (Wildman–Crippen LogP) is 1.41. The maximum absolute atomic E-state index is 13.4. The summed E-state index contributed by atoms with van der Waals surface area (Å²) in [5.41, 5.74) is 0.187. The maximum atomic E-state index is 13.4. The van der Waals surface area contributed by atoms with Gasteiger partial charge in [-0.2, -0.15) is 0 Å². The van der Waals surface area contributed by atoms with Crippen molar-refractivity contribution < 1.29 is 19.2 Å². The van der Waals surface area contributed by atoms with Crippen molar-refractivity contribution in [3.8, 4) is 0 Å². The fraction of sp³-hybridized carbons (Fsp3) is 0. The number of amides is 1. The lowest BCUT2D eigenvalue weighted by atomic mass is 9.79. The molecule has 0 saturated heterocycles. The Kier molecular flexibility index (Phi) is 4.39. The number of hydrogen-bond donors (Lipinski definition) is 3. The van der Waals surface area contributed by atoms with Crippen LogP contribution in [0.3, 0.4) is 0 Å². The van der Waals surface area contributed by atoms with E-state index in [4.69, 9.17) is 21.6 Å². The third-order valence-electron chi connectivity index (χ3n) is 2.66. The number of anilines is 1. The van der Waals surface area contributed by atoms with E-state index < -0.39 is 18.8 Å². The second-order valence-corrected chi connectivity index (χ2v) is 4.45. The first-order valence-corrected chi connectivity index (χ1v) is 6.08. The lowest BCUT2D eigenvalue weighted by molar-refractivity contribution is 0.102. The second-order valence-electron chi connectivity index (χ2n) is 4.04. The number of hydrogen-bond acceptors (Lipinski definition) is 3. The molecule has 0 saturated carbocycles. The van der Waals surface area contributed by atoms with E-state index in [0.29, 0.717) is 0 Å². The molecular weight excluding hydrogens is 283 g/mol. The van der Waals surface area contributed by atoms with Crippen molar-refractivity contribution >= 4 is 35.8 Å². The van der Waals surface area contributed by atoms with Crippen molar-refractivity contribution in [3.05, 3.63) is 58.9 Å². The van der Waals surface area contributed by atoms with E-state index in [2.05, 4.69) is 5.32 Å². The summed E-state index contributed by atoms with van der Waals surface area (Å²) >= 11 is 5.77. The first-order valence-electron chi connectivity index (χ1n) is 5.70. The fourth-order valence-electron chi connectivity index (χ4n) is 1.64. The molecule has 0 aliphatic rings. The Balaban J connectivity index is 2.26. The number of carbonyl (C=O) groups excluding carboxylic acids is 1. The number of para-hydroxylation sites is 1. The fourth-order valence-corrected chi connectivity index (χ4v) is 1.86. The molecule has 1 amide bonds. The van der Waals surface area contributed by atoms with Gasteiger partial charge in [-0.3, -0.25) is 4.79 Å². The smallest absolute Gasteiger partial charge is 0.423 e. The molecule has 0 spiro atoms. The second kappa shape index (κ2) is 6.05. The minimum atomic E-state index is -1.79. The molecule has 0 radical (unpaired) electrons. The van der Waals surface area contributed by atoms with Crippen LogP contribution in [0.4, 0.5) is 10.1 Å². The summed E-state index contributed by atoms with van der Waals surface area (Å²) in [6.07, 6.45) is 0. The van der Waals surface area contributed by atoms with E-state index in [1.807, 2.05) is 0 Å². The zero-order valence-corrected chi connectivity index (χ0v) is 10.9. The minimum absolute atomic E-state index is 0.00727. The summed E-state index contributed by atoms with van der Waals surface area (Å²) in [6.45, 7) is 0. The van der Waals surface area contributed by atoms with Gasteiger partial charge < -0.3 is 15.4 Å². The average Bonchev–Trinajstić information content (AvgIpc) is 2.41. The molecule has 0 bridgehead atoms. The van der Waals surface area contributed by atoms with Gasteiger partial charge in [-0.1, -0.05) is 23.7 Å². The molecule has 0 aromatic heterocycles. The quantitative estimate of drug-likeness (QED) is 0.750. The van der Waals surface area contributed by atoms with E-state index in [0.717, 1.165) is 0 Å². The summed E-state index contributed by atoms with van der Waals surface area (Å²) < 4.78 is 13.4. The Bertz CT molecular complexity index is 651. The maximum Gasteiger partial charge on any atom is 0.489 e. The standard InChI is InChI=1S/C13H10BClFNO3/c15-10-6-5-8(7-9(10)14(19)20)13(18)17-12-4-2-1-3-11(12)16/h1-7,19-20H,(H,17,18). The number of benzene rings is 2. The van der Waals surface area contributed by atoms with Crippen LogP contribution in [-0.4, -0.2) is 23.1 Å². The Hall–Kier alpha value is -1.89. The van der Waals surface area contributed by atoms with Crippen molar-refractivity contribution in [2.24, 2.45) is 0 Å². The van der Waals surface area contributed by atoms with Crippen LogP contribution in [0.2, 0.25) is 5.02 Å². The molecule has 0 heterocycles.